The fraction of sp³-hybridized carbons (Fsp3) is 0.211. The van der Waals surface area contributed by atoms with Gasteiger partial charge in [-0.3, -0.25) is 0 Å². The average molecular weight is 305 g/mol. The zero-order chi connectivity index (χ0) is 15.6. The van der Waals surface area contributed by atoms with Crippen LogP contribution in [0.4, 0.5) is 0 Å². The van der Waals surface area contributed by atoms with Gasteiger partial charge in [-0.05, 0) is 11.1 Å². The van der Waals surface area contributed by atoms with E-state index in [9.17, 15) is 5.11 Å². The SMILES string of the molecule is O[C@H]1CNC[C@H]1n1ccnc1-c1ccccc1-c1ccccc1. The van der Waals surface area contributed by atoms with Crippen LogP contribution in [0.1, 0.15) is 6.04 Å². The lowest BCUT2D eigenvalue weighted by Crippen LogP contribution is -2.22. The smallest absolute Gasteiger partial charge is 0.140 e. The average Bonchev–Trinajstić information content (AvgIpc) is 3.24. The molecule has 4 nitrogen and oxygen atoms in total. The quantitative estimate of drug-likeness (QED) is 0.782. The van der Waals surface area contributed by atoms with Crippen LogP contribution in [0.5, 0.6) is 0 Å². The van der Waals surface area contributed by atoms with E-state index in [0.717, 1.165) is 23.5 Å². The lowest BCUT2D eigenvalue weighted by molar-refractivity contribution is 0.151. The molecular weight excluding hydrogens is 286 g/mol. The highest BCUT2D eigenvalue weighted by Gasteiger charge is 2.28. The highest BCUT2D eigenvalue weighted by atomic mass is 16.3. The molecule has 0 spiro atoms. The molecular formula is C19H19N3O. The van der Waals surface area contributed by atoms with E-state index in [-0.39, 0.29) is 12.1 Å². The van der Waals surface area contributed by atoms with Gasteiger partial charge in [0.1, 0.15) is 5.82 Å². The Kier molecular flexibility index (Phi) is 3.69. The molecule has 0 bridgehead atoms. The summed E-state index contributed by atoms with van der Waals surface area (Å²) in [6, 6.07) is 18.6. The number of hydrogen-bond acceptors (Lipinski definition) is 3. The van der Waals surface area contributed by atoms with Gasteiger partial charge in [-0.25, -0.2) is 4.98 Å². The monoisotopic (exact) mass is 305 g/mol. The Labute approximate surface area is 135 Å². The van der Waals surface area contributed by atoms with E-state index in [1.807, 2.05) is 42.7 Å². The van der Waals surface area contributed by atoms with E-state index in [4.69, 9.17) is 0 Å². The van der Waals surface area contributed by atoms with Crippen molar-refractivity contribution in [3.8, 4) is 22.5 Å². The Bertz CT molecular complexity index is 797. The number of aliphatic hydroxyl groups is 1. The van der Waals surface area contributed by atoms with E-state index in [1.54, 1.807) is 0 Å². The summed E-state index contributed by atoms with van der Waals surface area (Å²) in [5, 5.41) is 13.4. The van der Waals surface area contributed by atoms with Crippen LogP contribution in [0.2, 0.25) is 0 Å². The molecule has 1 aromatic heterocycles. The number of imidazole rings is 1. The summed E-state index contributed by atoms with van der Waals surface area (Å²) in [6.07, 6.45) is 3.38. The van der Waals surface area contributed by atoms with Crippen LogP contribution in [-0.4, -0.2) is 33.9 Å². The second-order valence-electron chi connectivity index (χ2n) is 5.86. The molecule has 0 amide bonds. The normalized spacial score (nSPS) is 20.7. The molecule has 1 fully saturated rings. The predicted octanol–water partition coefficient (Wildman–Crippen LogP) is 2.72. The Morgan fingerprint density at radius 3 is 2.43 bits per heavy atom. The largest absolute Gasteiger partial charge is 0.390 e. The van der Waals surface area contributed by atoms with E-state index in [0.29, 0.717) is 6.54 Å². The van der Waals surface area contributed by atoms with Gasteiger partial charge >= 0.3 is 0 Å². The number of β-amino-alcohol motifs (C(OH)–C–C–N with tert-alkyl or cyclic N) is 1. The van der Waals surface area contributed by atoms with Crippen LogP contribution >= 0.6 is 0 Å². The van der Waals surface area contributed by atoms with Crippen molar-refractivity contribution in [3.63, 3.8) is 0 Å². The van der Waals surface area contributed by atoms with E-state index < -0.39 is 0 Å². The Balaban J connectivity index is 1.83. The molecule has 2 heterocycles. The summed E-state index contributed by atoms with van der Waals surface area (Å²) < 4.78 is 2.09. The fourth-order valence-electron chi connectivity index (χ4n) is 3.27. The van der Waals surface area contributed by atoms with Crippen LogP contribution < -0.4 is 5.32 Å². The van der Waals surface area contributed by atoms with Crippen molar-refractivity contribution < 1.29 is 5.11 Å². The van der Waals surface area contributed by atoms with Gasteiger partial charge in [0, 0.05) is 31.0 Å². The Morgan fingerprint density at radius 2 is 1.70 bits per heavy atom. The molecule has 2 N–H and O–H groups in total. The topological polar surface area (TPSA) is 50.1 Å². The number of aliphatic hydroxyl groups excluding tert-OH is 1. The van der Waals surface area contributed by atoms with Crippen molar-refractivity contribution >= 4 is 0 Å². The first-order chi connectivity index (χ1) is 11.3. The van der Waals surface area contributed by atoms with Crippen molar-refractivity contribution in [1.29, 1.82) is 0 Å². The van der Waals surface area contributed by atoms with Gasteiger partial charge in [0.05, 0.1) is 12.1 Å². The second kappa shape index (κ2) is 5.99. The number of nitrogens with zero attached hydrogens (tertiary/aromatic N) is 2. The molecule has 0 radical (unpaired) electrons. The molecule has 4 rings (SSSR count). The van der Waals surface area contributed by atoms with Gasteiger partial charge in [-0.15, -0.1) is 0 Å². The van der Waals surface area contributed by atoms with E-state index in [2.05, 4.69) is 39.1 Å². The lowest BCUT2D eigenvalue weighted by Gasteiger charge is -2.19. The number of nitrogens with one attached hydrogen (secondary N) is 1. The standard InChI is InChI=1S/C19H19N3O/c23-18-13-20-12-17(18)22-11-10-21-19(22)16-9-5-4-8-15(16)14-6-2-1-3-7-14/h1-11,17-18,20,23H,12-13H2/t17-,18+/m1/s1. The van der Waals surface area contributed by atoms with E-state index in [1.165, 1.54) is 5.56 Å². The molecule has 2 aromatic carbocycles. The summed E-state index contributed by atoms with van der Waals surface area (Å²) >= 11 is 0. The van der Waals surface area contributed by atoms with Gasteiger partial charge in [0.25, 0.3) is 0 Å². The molecule has 4 heteroatoms. The predicted molar refractivity (Wildman–Crippen MR) is 91.0 cm³/mol. The molecule has 0 aliphatic carbocycles. The van der Waals surface area contributed by atoms with Gasteiger partial charge in [0.15, 0.2) is 0 Å². The number of hydrogen-bond donors (Lipinski definition) is 2. The van der Waals surface area contributed by atoms with Crippen molar-refractivity contribution in [2.75, 3.05) is 13.1 Å². The molecule has 0 unspecified atom stereocenters. The molecule has 116 valence electrons. The number of aromatic nitrogens is 2. The first-order valence-corrected chi connectivity index (χ1v) is 7.91. The Morgan fingerprint density at radius 1 is 0.957 bits per heavy atom. The van der Waals surface area contributed by atoms with Gasteiger partial charge < -0.3 is 15.0 Å². The third kappa shape index (κ3) is 2.56. The summed E-state index contributed by atoms with van der Waals surface area (Å²) in [5.41, 5.74) is 3.41. The fourth-order valence-corrected chi connectivity index (χ4v) is 3.27. The minimum Gasteiger partial charge on any atom is -0.390 e. The van der Waals surface area contributed by atoms with Crippen LogP contribution in [0.3, 0.4) is 0 Å². The third-order valence-corrected chi connectivity index (χ3v) is 4.43. The van der Waals surface area contributed by atoms with Crippen LogP contribution in [-0.2, 0) is 0 Å². The van der Waals surface area contributed by atoms with Gasteiger partial charge in [-0.1, -0.05) is 54.6 Å². The van der Waals surface area contributed by atoms with Crippen molar-refractivity contribution in [2.24, 2.45) is 0 Å². The van der Waals surface area contributed by atoms with Crippen molar-refractivity contribution in [2.45, 2.75) is 12.1 Å². The summed E-state index contributed by atoms with van der Waals surface area (Å²) in [7, 11) is 0. The maximum Gasteiger partial charge on any atom is 0.140 e. The molecule has 3 aromatic rings. The van der Waals surface area contributed by atoms with Crippen LogP contribution in [0.15, 0.2) is 67.0 Å². The first-order valence-electron chi connectivity index (χ1n) is 7.91. The summed E-state index contributed by atoms with van der Waals surface area (Å²) in [6.45, 7) is 1.39. The van der Waals surface area contributed by atoms with Crippen LogP contribution in [0.25, 0.3) is 22.5 Å². The second-order valence-corrected chi connectivity index (χ2v) is 5.86. The van der Waals surface area contributed by atoms with Gasteiger partial charge in [0.2, 0.25) is 0 Å². The van der Waals surface area contributed by atoms with Gasteiger partial charge in [-0.2, -0.15) is 0 Å². The summed E-state index contributed by atoms with van der Waals surface area (Å²) in [4.78, 5) is 4.58. The number of benzene rings is 2. The first kappa shape index (κ1) is 14.2. The summed E-state index contributed by atoms with van der Waals surface area (Å²) in [5.74, 6) is 0.900. The maximum atomic E-state index is 10.2. The Hall–Kier alpha value is -2.43. The minimum absolute atomic E-state index is 0.0244. The zero-order valence-corrected chi connectivity index (χ0v) is 12.8. The molecule has 1 aliphatic rings. The highest BCUT2D eigenvalue weighted by molar-refractivity contribution is 5.80. The minimum atomic E-state index is -0.383. The zero-order valence-electron chi connectivity index (χ0n) is 12.8. The number of rotatable bonds is 3. The molecule has 1 saturated heterocycles. The third-order valence-electron chi connectivity index (χ3n) is 4.43. The van der Waals surface area contributed by atoms with Crippen molar-refractivity contribution in [1.82, 2.24) is 14.9 Å². The van der Waals surface area contributed by atoms with E-state index >= 15 is 0 Å². The molecule has 2 atom stereocenters. The molecule has 0 saturated carbocycles. The lowest BCUT2D eigenvalue weighted by atomic mass is 9.99. The van der Waals surface area contributed by atoms with Crippen LogP contribution in [0, 0.1) is 0 Å². The van der Waals surface area contributed by atoms with Crippen molar-refractivity contribution in [3.05, 3.63) is 67.0 Å². The highest BCUT2D eigenvalue weighted by Crippen LogP contribution is 2.33. The molecule has 23 heavy (non-hydrogen) atoms. The maximum absolute atomic E-state index is 10.2. The molecule has 1 aliphatic heterocycles.